The van der Waals surface area contributed by atoms with E-state index in [1.165, 1.54) is 0 Å². The number of hydrogen-bond donors (Lipinski definition) is 1. The molecule has 0 saturated carbocycles. The Balaban J connectivity index is 2.05. The first-order valence-corrected chi connectivity index (χ1v) is 5.93. The maximum absolute atomic E-state index is 10.5. The molecule has 88 valence electrons. The second-order valence-corrected chi connectivity index (χ2v) is 4.60. The second-order valence-electron chi connectivity index (χ2n) is 4.60. The Kier molecular flexibility index (Phi) is 2.57. The summed E-state index contributed by atoms with van der Waals surface area (Å²) in [6.45, 7) is 1.11. The van der Waals surface area contributed by atoms with E-state index in [4.69, 9.17) is 4.74 Å². The largest absolute Gasteiger partial charge is 0.383 e. The molecule has 1 aliphatic heterocycles. The molecule has 0 radical (unpaired) electrons. The summed E-state index contributed by atoms with van der Waals surface area (Å²) in [5, 5.41) is 11.6. The third kappa shape index (κ3) is 1.92. The van der Waals surface area contributed by atoms with Crippen molar-refractivity contribution in [1.82, 2.24) is 4.98 Å². The Hall–Kier alpha value is -1.45. The summed E-state index contributed by atoms with van der Waals surface area (Å²) >= 11 is 0. The van der Waals surface area contributed by atoms with E-state index in [1.54, 1.807) is 6.20 Å². The lowest BCUT2D eigenvalue weighted by atomic mass is 9.89. The molecule has 1 fully saturated rings. The monoisotopic (exact) mass is 229 g/mol. The van der Waals surface area contributed by atoms with Crippen LogP contribution in [0.4, 0.5) is 0 Å². The highest BCUT2D eigenvalue weighted by atomic mass is 16.5. The maximum Gasteiger partial charge on any atom is 0.114 e. The van der Waals surface area contributed by atoms with E-state index in [0.29, 0.717) is 6.61 Å². The number of para-hydroxylation sites is 1. The number of fused-ring (bicyclic) bond motifs is 1. The van der Waals surface area contributed by atoms with Gasteiger partial charge in [0.15, 0.2) is 0 Å². The number of aliphatic hydroxyl groups is 1. The van der Waals surface area contributed by atoms with E-state index in [1.807, 2.05) is 30.3 Å². The van der Waals surface area contributed by atoms with Gasteiger partial charge in [-0.15, -0.1) is 0 Å². The fourth-order valence-electron chi connectivity index (χ4n) is 2.33. The van der Waals surface area contributed by atoms with Crippen LogP contribution < -0.4 is 0 Å². The van der Waals surface area contributed by atoms with Gasteiger partial charge in [-0.2, -0.15) is 0 Å². The summed E-state index contributed by atoms with van der Waals surface area (Å²) in [7, 11) is 0. The first-order valence-electron chi connectivity index (χ1n) is 5.93. The highest BCUT2D eigenvalue weighted by Crippen LogP contribution is 2.31. The van der Waals surface area contributed by atoms with E-state index in [9.17, 15) is 5.11 Å². The number of hydrogen-bond acceptors (Lipinski definition) is 3. The fraction of sp³-hybridized carbons (Fsp3) is 0.357. The zero-order valence-electron chi connectivity index (χ0n) is 9.60. The molecule has 2 heterocycles. The molecule has 0 aliphatic carbocycles. The van der Waals surface area contributed by atoms with E-state index in [2.05, 4.69) is 4.98 Å². The van der Waals surface area contributed by atoms with Gasteiger partial charge in [0.05, 0.1) is 12.1 Å². The Morgan fingerprint density at radius 1 is 1.29 bits per heavy atom. The van der Waals surface area contributed by atoms with Crippen LogP contribution in [0, 0.1) is 0 Å². The minimum Gasteiger partial charge on any atom is -0.383 e. The zero-order valence-corrected chi connectivity index (χ0v) is 9.60. The molecular weight excluding hydrogens is 214 g/mol. The number of rotatable bonds is 1. The van der Waals surface area contributed by atoms with Gasteiger partial charge in [-0.3, -0.25) is 4.98 Å². The van der Waals surface area contributed by atoms with E-state index in [-0.39, 0.29) is 0 Å². The van der Waals surface area contributed by atoms with Crippen LogP contribution >= 0.6 is 0 Å². The summed E-state index contributed by atoms with van der Waals surface area (Å²) in [6, 6.07) is 9.94. The van der Waals surface area contributed by atoms with Crippen LogP contribution in [-0.2, 0) is 10.3 Å². The first-order chi connectivity index (χ1) is 8.28. The smallest absolute Gasteiger partial charge is 0.114 e. The molecule has 3 heteroatoms. The molecule has 1 saturated heterocycles. The Morgan fingerprint density at radius 2 is 2.18 bits per heavy atom. The average molecular weight is 229 g/mol. The van der Waals surface area contributed by atoms with Gasteiger partial charge in [-0.1, -0.05) is 18.2 Å². The maximum atomic E-state index is 10.5. The van der Waals surface area contributed by atoms with Crippen molar-refractivity contribution in [2.45, 2.75) is 18.4 Å². The van der Waals surface area contributed by atoms with Crippen LogP contribution in [0.2, 0.25) is 0 Å². The number of pyridine rings is 1. The minimum absolute atomic E-state index is 0.368. The van der Waals surface area contributed by atoms with Gasteiger partial charge in [0.25, 0.3) is 0 Å². The van der Waals surface area contributed by atoms with Gasteiger partial charge in [0, 0.05) is 23.8 Å². The van der Waals surface area contributed by atoms with Gasteiger partial charge in [-0.05, 0) is 25.0 Å². The molecule has 1 unspecified atom stereocenters. The zero-order chi connectivity index (χ0) is 11.7. The number of nitrogens with zero attached hydrogens (tertiary/aromatic N) is 1. The molecular formula is C14H15NO2. The summed E-state index contributed by atoms with van der Waals surface area (Å²) in [4.78, 5) is 4.39. The van der Waals surface area contributed by atoms with Crippen molar-refractivity contribution in [1.29, 1.82) is 0 Å². The van der Waals surface area contributed by atoms with Crippen LogP contribution in [-0.4, -0.2) is 23.3 Å². The average Bonchev–Trinajstić information content (AvgIpc) is 2.39. The Labute approximate surface area is 100 Å². The second kappa shape index (κ2) is 4.09. The van der Waals surface area contributed by atoms with E-state index in [0.717, 1.165) is 35.9 Å². The van der Waals surface area contributed by atoms with Crippen molar-refractivity contribution in [2.75, 3.05) is 13.2 Å². The van der Waals surface area contributed by atoms with Gasteiger partial charge >= 0.3 is 0 Å². The number of ether oxygens (including phenoxy) is 1. The predicted octanol–water partition coefficient (Wildman–Crippen LogP) is 2.23. The molecule has 1 atom stereocenters. The quantitative estimate of drug-likeness (QED) is 0.815. The molecule has 0 bridgehead atoms. The van der Waals surface area contributed by atoms with Crippen molar-refractivity contribution in [3.63, 3.8) is 0 Å². The van der Waals surface area contributed by atoms with Crippen LogP contribution in [0.1, 0.15) is 18.4 Å². The Morgan fingerprint density at radius 3 is 3.00 bits per heavy atom. The lowest BCUT2D eigenvalue weighted by molar-refractivity contribution is -0.0903. The van der Waals surface area contributed by atoms with E-state index >= 15 is 0 Å². The molecule has 3 rings (SSSR count). The highest BCUT2D eigenvalue weighted by Gasteiger charge is 2.32. The summed E-state index contributed by atoms with van der Waals surface area (Å²) in [6.07, 6.45) is 3.40. The number of aromatic nitrogens is 1. The molecule has 1 aromatic heterocycles. The van der Waals surface area contributed by atoms with Crippen LogP contribution in [0.15, 0.2) is 36.5 Å². The molecule has 1 aromatic carbocycles. The van der Waals surface area contributed by atoms with Gasteiger partial charge in [0.2, 0.25) is 0 Å². The van der Waals surface area contributed by atoms with Crippen LogP contribution in [0.3, 0.4) is 0 Å². The molecule has 0 spiro atoms. The molecule has 1 N–H and O–H groups in total. The molecule has 2 aromatic rings. The lowest BCUT2D eigenvalue weighted by Crippen LogP contribution is -2.35. The standard InChI is InChI=1S/C14H15NO2/c16-14(6-3-7-17-10-14)12-8-11-4-1-2-5-13(11)15-9-12/h1-2,4-5,8-9,16H,3,6-7,10H2. The van der Waals surface area contributed by atoms with Gasteiger partial charge < -0.3 is 9.84 Å². The van der Waals surface area contributed by atoms with Crippen molar-refractivity contribution in [2.24, 2.45) is 0 Å². The highest BCUT2D eigenvalue weighted by molar-refractivity contribution is 5.78. The summed E-state index contributed by atoms with van der Waals surface area (Å²) in [5.41, 5.74) is 0.947. The SMILES string of the molecule is OC1(c2cnc3ccccc3c2)CCCOC1. The normalized spacial score (nSPS) is 25.0. The molecule has 3 nitrogen and oxygen atoms in total. The molecule has 1 aliphatic rings. The lowest BCUT2D eigenvalue weighted by Gasteiger charge is -2.32. The summed E-state index contributed by atoms with van der Waals surface area (Å²) in [5.74, 6) is 0. The topological polar surface area (TPSA) is 42.4 Å². The number of benzene rings is 1. The first kappa shape index (κ1) is 10.7. The fourth-order valence-corrected chi connectivity index (χ4v) is 2.33. The van der Waals surface area contributed by atoms with Crippen molar-refractivity contribution < 1.29 is 9.84 Å². The van der Waals surface area contributed by atoms with E-state index < -0.39 is 5.60 Å². The third-order valence-electron chi connectivity index (χ3n) is 3.35. The Bertz CT molecular complexity index is 532. The van der Waals surface area contributed by atoms with Crippen molar-refractivity contribution in [3.8, 4) is 0 Å². The van der Waals surface area contributed by atoms with Crippen LogP contribution in [0.5, 0.6) is 0 Å². The van der Waals surface area contributed by atoms with Crippen molar-refractivity contribution in [3.05, 3.63) is 42.1 Å². The minimum atomic E-state index is -0.866. The molecule has 0 amide bonds. The van der Waals surface area contributed by atoms with Crippen molar-refractivity contribution >= 4 is 10.9 Å². The van der Waals surface area contributed by atoms with Gasteiger partial charge in [0.1, 0.15) is 5.60 Å². The third-order valence-corrected chi connectivity index (χ3v) is 3.35. The summed E-state index contributed by atoms with van der Waals surface area (Å²) < 4.78 is 5.37. The van der Waals surface area contributed by atoms with Crippen LogP contribution in [0.25, 0.3) is 10.9 Å². The van der Waals surface area contributed by atoms with Gasteiger partial charge in [-0.25, -0.2) is 0 Å². The molecule has 17 heavy (non-hydrogen) atoms. The predicted molar refractivity (Wildman–Crippen MR) is 65.7 cm³/mol.